The Kier molecular flexibility index (Phi) is 8.81. The summed E-state index contributed by atoms with van der Waals surface area (Å²) in [4.78, 5) is 6.08. The second kappa shape index (κ2) is 15.1. The van der Waals surface area contributed by atoms with Crippen molar-refractivity contribution in [3.63, 3.8) is 0 Å². The van der Waals surface area contributed by atoms with Crippen LogP contribution in [0.15, 0.2) is 204 Å². The summed E-state index contributed by atoms with van der Waals surface area (Å²) in [5.74, 6) is 0.669. The number of hydrogen-bond acceptors (Lipinski definition) is 2. The number of para-hydroxylation sites is 2. The van der Waals surface area contributed by atoms with Crippen molar-refractivity contribution in [2.24, 2.45) is 16.8 Å². The Hall–Kier alpha value is -7.49. The smallest absolute Gasteiger partial charge is 0.159 e. The Morgan fingerprint density at radius 3 is 1.98 bits per heavy atom. The summed E-state index contributed by atoms with van der Waals surface area (Å²) < 4.78 is 9.44. The molecule has 0 radical (unpaired) electrons. The summed E-state index contributed by atoms with van der Waals surface area (Å²) in [6.45, 7) is 4.81. The lowest BCUT2D eigenvalue weighted by Crippen LogP contribution is -2.28. The number of hydrogen-bond donors (Lipinski definition) is 0. The average Bonchev–Trinajstić information content (AvgIpc) is 3.89. The zero-order valence-electron chi connectivity index (χ0n) is 36.7. The van der Waals surface area contributed by atoms with E-state index in [0.717, 1.165) is 46.9 Å². The molecule has 0 saturated heterocycles. The number of aliphatic imine (C=N–C) groups is 1. The maximum Gasteiger partial charge on any atom is 0.159 e. The highest BCUT2D eigenvalue weighted by molar-refractivity contribution is 6.16. The van der Waals surface area contributed by atoms with Gasteiger partial charge in [0.05, 0.1) is 22.8 Å². The Morgan fingerprint density at radius 1 is 0.492 bits per heavy atom. The van der Waals surface area contributed by atoms with E-state index in [-0.39, 0.29) is 17.9 Å². The van der Waals surface area contributed by atoms with Gasteiger partial charge in [0.25, 0.3) is 0 Å². The fourth-order valence-electron chi connectivity index (χ4n) is 11.7. The van der Waals surface area contributed by atoms with Crippen molar-refractivity contribution < 1.29 is 4.42 Å². The molecule has 1 aliphatic heterocycles. The van der Waals surface area contributed by atoms with Crippen LogP contribution in [-0.2, 0) is 0 Å². The highest BCUT2D eigenvalue weighted by atomic mass is 16.3. The fourth-order valence-corrected chi connectivity index (χ4v) is 11.7. The van der Waals surface area contributed by atoms with Crippen molar-refractivity contribution in [2.45, 2.75) is 45.1 Å². The van der Waals surface area contributed by atoms with Crippen molar-refractivity contribution in [1.82, 2.24) is 4.57 Å². The third-order valence-corrected chi connectivity index (χ3v) is 14.9. The van der Waals surface area contributed by atoms with Gasteiger partial charge in [0, 0.05) is 38.7 Å². The number of furan rings is 1. The zero-order chi connectivity index (χ0) is 43.2. The first kappa shape index (κ1) is 38.0. The molecule has 2 aromatic heterocycles. The lowest BCUT2D eigenvalue weighted by molar-refractivity contribution is 0.362. The molecule has 0 fully saturated rings. The predicted octanol–water partition coefficient (Wildman–Crippen LogP) is 17.1. The van der Waals surface area contributed by atoms with Gasteiger partial charge in [-0.3, -0.25) is 4.99 Å². The second-order valence-corrected chi connectivity index (χ2v) is 18.5. The molecule has 4 unspecified atom stereocenters. The molecule has 10 aromatic carbocycles. The fraction of sp³-hybridized carbons (Fsp3) is 0.145. The first-order valence-electron chi connectivity index (χ1n) is 23.4. The molecule has 312 valence electrons. The molecule has 0 aliphatic carbocycles. The van der Waals surface area contributed by atoms with Crippen LogP contribution in [-0.4, -0.2) is 10.3 Å². The monoisotopic (exact) mass is 836 g/mol. The highest BCUT2D eigenvalue weighted by Gasteiger charge is 2.35. The van der Waals surface area contributed by atoms with Gasteiger partial charge < -0.3 is 8.98 Å². The molecule has 13 rings (SSSR count). The van der Waals surface area contributed by atoms with Crippen molar-refractivity contribution in [2.75, 3.05) is 0 Å². The van der Waals surface area contributed by atoms with Gasteiger partial charge in [-0.25, -0.2) is 0 Å². The maximum absolute atomic E-state index is 6.96. The first-order valence-corrected chi connectivity index (χ1v) is 23.4. The number of nitrogens with zero attached hydrogens (tertiary/aromatic N) is 2. The normalized spacial score (nSPS) is 19.1. The van der Waals surface area contributed by atoms with Gasteiger partial charge in [0.15, 0.2) is 5.58 Å². The van der Waals surface area contributed by atoms with Crippen LogP contribution < -0.4 is 0 Å². The Labute approximate surface area is 378 Å². The maximum atomic E-state index is 6.96. The van der Waals surface area contributed by atoms with Crippen LogP contribution in [0.1, 0.15) is 61.8 Å². The third kappa shape index (κ3) is 6.06. The minimum Gasteiger partial charge on any atom is -0.454 e. The summed E-state index contributed by atoms with van der Waals surface area (Å²) in [6.07, 6.45) is 3.05. The number of fused-ring (bicyclic) bond motifs is 11. The van der Waals surface area contributed by atoms with Crippen LogP contribution in [0.3, 0.4) is 0 Å². The van der Waals surface area contributed by atoms with E-state index >= 15 is 0 Å². The highest BCUT2D eigenvalue weighted by Crippen LogP contribution is 2.47. The summed E-state index contributed by atoms with van der Waals surface area (Å²) in [6, 6.07) is 72.0. The first-order chi connectivity index (χ1) is 32.1. The minimum absolute atomic E-state index is 0.0122. The van der Waals surface area contributed by atoms with Gasteiger partial charge in [-0.2, -0.15) is 0 Å². The van der Waals surface area contributed by atoms with Crippen LogP contribution in [0.2, 0.25) is 0 Å². The Balaban J connectivity index is 1.05. The number of rotatable bonds is 5. The summed E-state index contributed by atoms with van der Waals surface area (Å²) >= 11 is 0. The van der Waals surface area contributed by atoms with Crippen LogP contribution in [0, 0.1) is 11.8 Å². The second-order valence-electron chi connectivity index (χ2n) is 18.5. The predicted molar refractivity (Wildman–Crippen MR) is 275 cm³/mol. The van der Waals surface area contributed by atoms with Gasteiger partial charge in [-0.05, 0) is 128 Å². The molecule has 4 atom stereocenters. The summed E-state index contributed by atoms with van der Waals surface area (Å²) in [5.41, 5.74) is 10.4. The molecule has 0 spiro atoms. The van der Waals surface area contributed by atoms with E-state index in [0.29, 0.717) is 5.92 Å². The lowest BCUT2D eigenvalue weighted by atomic mass is 9.72. The average molecular weight is 837 g/mol. The molecule has 3 nitrogen and oxygen atoms in total. The molecule has 0 amide bonds. The third-order valence-electron chi connectivity index (χ3n) is 14.9. The molecule has 12 aromatic rings. The molecular formula is C62H48N2O. The van der Waals surface area contributed by atoms with Crippen LogP contribution in [0.5, 0.6) is 0 Å². The lowest BCUT2D eigenvalue weighted by Gasteiger charge is -2.35. The van der Waals surface area contributed by atoms with E-state index in [1.807, 2.05) is 0 Å². The van der Waals surface area contributed by atoms with Gasteiger partial charge in [-0.15, -0.1) is 0 Å². The van der Waals surface area contributed by atoms with Gasteiger partial charge in [0.1, 0.15) is 5.58 Å². The largest absolute Gasteiger partial charge is 0.454 e. The molecular weight excluding hydrogens is 789 g/mol. The van der Waals surface area contributed by atoms with E-state index in [1.165, 1.54) is 87.3 Å². The van der Waals surface area contributed by atoms with Crippen molar-refractivity contribution in [3.05, 3.63) is 211 Å². The Morgan fingerprint density at radius 2 is 1.15 bits per heavy atom. The van der Waals surface area contributed by atoms with Gasteiger partial charge >= 0.3 is 0 Å². The van der Waals surface area contributed by atoms with E-state index < -0.39 is 0 Å². The number of benzene rings is 10. The quantitative estimate of drug-likeness (QED) is 0.159. The molecule has 1 aliphatic rings. The molecule has 0 saturated carbocycles. The molecule has 0 bridgehead atoms. The number of aromatic nitrogens is 1. The van der Waals surface area contributed by atoms with E-state index in [4.69, 9.17) is 9.41 Å². The van der Waals surface area contributed by atoms with Gasteiger partial charge in [0.2, 0.25) is 0 Å². The molecule has 0 N–H and O–H groups in total. The van der Waals surface area contributed by atoms with E-state index in [1.54, 1.807) is 0 Å². The van der Waals surface area contributed by atoms with Crippen LogP contribution in [0.25, 0.3) is 92.5 Å². The standard InChI is InChI=1S/C62H48N2O/c1-3-46-50(31-27-38(2)60(63-61(46)53-24-14-19-39-15-6-9-21-48(39)53)44-30-32-49-43(33-44)29-28-40-16-7-8-20-47(40)49)45-35-55-52-23-11-13-26-59(52)65-62(55)58(37-45)64-56-25-12-10-22-51(56)54-34-41-17-4-5-18-42(41)36-57(54)64/h4-26,28-30,32-38,46,50,60H,3,27,31H2,1-2H3/b63-61+. The van der Waals surface area contributed by atoms with Crippen molar-refractivity contribution in [1.29, 1.82) is 0 Å². The molecule has 3 heterocycles. The summed E-state index contributed by atoms with van der Waals surface area (Å²) in [5, 5.41) is 14.9. The Bertz CT molecular complexity index is 3880. The minimum atomic E-state index is 0.0122. The molecule has 65 heavy (non-hydrogen) atoms. The molecule has 3 heteroatoms. The summed E-state index contributed by atoms with van der Waals surface area (Å²) in [7, 11) is 0. The zero-order valence-corrected chi connectivity index (χ0v) is 36.7. The topological polar surface area (TPSA) is 30.4 Å². The van der Waals surface area contributed by atoms with Crippen molar-refractivity contribution in [3.8, 4) is 5.69 Å². The SMILES string of the molecule is CCC1/C(c2cccc3ccccc23)=N\C(c2ccc3c(ccc4ccccc43)c2)C(C)CCC1c1cc(-n2c3ccccc3c3cc4ccccc4cc32)c2oc3ccccc3c2c1. The van der Waals surface area contributed by atoms with E-state index in [9.17, 15) is 0 Å². The van der Waals surface area contributed by atoms with Gasteiger partial charge in [-0.1, -0.05) is 166 Å². The van der Waals surface area contributed by atoms with Crippen LogP contribution in [0.4, 0.5) is 0 Å². The van der Waals surface area contributed by atoms with E-state index in [2.05, 4.69) is 213 Å². The van der Waals surface area contributed by atoms with Crippen molar-refractivity contribution >= 4 is 92.5 Å². The van der Waals surface area contributed by atoms with Crippen LogP contribution >= 0.6 is 0 Å².